The van der Waals surface area contributed by atoms with Crippen molar-refractivity contribution in [2.24, 2.45) is 0 Å². The molecular weight excluding hydrogens is 338 g/mol. The number of piperidine rings is 1. The Morgan fingerprint density at radius 3 is 3.04 bits per heavy atom. The van der Waals surface area contributed by atoms with Gasteiger partial charge in [-0.25, -0.2) is 12.7 Å². The van der Waals surface area contributed by atoms with Crippen LogP contribution in [0.2, 0.25) is 0 Å². The van der Waals surface area contributed by atoms with Crippen LogP contribution in [0.1, 0.15) is 24.0 Å². The lowest BCUT2D eigenvalue weighted by Crippen LogP contribution is -2.47. The molecule has 1 aromatic carbocycles. The van der Waals surface area contributed by atoms with Gasteiger partial charge in [0.15, 0.2) is 0 Å². The van der Waals surface area contributed by atoms with Crippen LogP contribution in [0.15, 0.2) is 18.2 Å². The summed E-state index contributed by atoms with van der Waals surface area (Å²) in [5, 5.41) is 3.15. The van der Waals surface area contributed by atoms with Gasteiger partial charge in [-0.15, -0.1) is 0 Å². The smallest absolute Gasteiger partial charge is 0.218 e. The van der Waals surface area contributed by atoms with E-state index in [0.29, 0.717) is 19.7 Å². The van der Waals surface area contributed by atoms with E-state index in [4.69, 9.17) is 4.74 Å². The number of likely N-dealkylation sites (N-methyl/N-ethyl adjacent to an activating group) is 1. The van der Waals surface area contributed by atoms with Gasteiger partial charge >= 0.3 is 0 Å². The van der Waals surface area contributed by atoms with Crippen molar-refractivity contribution in [1.29, 1.82) is 0 Å². The van der Waals surface area contributed by atoms with Crippen LogP contribution in [0.5, 0.6) is 0 Å². The van der Waals surface area contributed by atoms with Crippen LogP contribution in [-0.4, -0.2) is 69.8 Å². The number of methoxy groups -OCH3 is 1. The van der Waals surface area contributed by atoms with Crippen LogP contribution in [-0.2, 0) is 27.7 Å². The molecule has 2 aliphatic rings. The van der Waals surface area contributed by atoms with E-state index in [9.17, 15) is 8.42 Å². The Hall–Kier alpha value is -1.15. The summed E-state index contributed by atoms with van der Waals surface area (Å²) in [7, 11) is -0.0285. The van der Waals surface area contributed by atoms with Gasteiger partial charge in [0, 0.05) is 46.0 Å². The predicted octanol–water partition coefficient (Wildman–Crippen LogP) is 1.53. The maximum atomic E-state index is 12.8. The summed E-state index contributed by atoms with van der Waals surface area (Å²) in [6.07, 6.45) is 2.73. The second-order valence-electron chi connectivity index (χ2n) is 6.99. The van der Waals surface area contributed by atoms with E-state index in [1.54, 1.807) is 14.2 Å². The Bertz CT molecular complexity index is 693. The molecule has 0 aliphatic carbocycles. The Morgan fingerprint density at radius 2 is 2.24 bits per heavy atom. The molecule has 0 amide bonds. The van der Waals surface area contributed by atoms with Crippen LogP contribution in [0.4, 0.5) is 5.69 Å². The number of nitrogens with one attached hydrogen (secondary N) is 1. The molecule has 2 aliphatic heterocycles. The standard InChI is InChI=1S/C18H29N3O3S/c1-20(11-12-24-2)25(22,23)17-7-4-10-21(14-17)13-16-6-3-5-15-8-9-19-18(15)16/h3,5-6,17,19H,4,7-14H2,1-2H3. The first kappa shape index (κ1) is 18.6. The SMILES string of the molecule is COCCN(C)S(=O)(=O)C1CCCN(Cc2cccc3c2NCC3)C1. The number of sulfonamides is 1. The third-order valence-electron chi connectivity index (χ3n) is 5.26. The van der Waals surface area contributed by atoms with Gasteiger partial charge in [0.05, 0.1) is 11.9 Å². The van der Waals surface area contributed by atoms with Crippen molar-refractivity contribution in [3.8, 4) is 0 Å². The summed E-state index contributed by atoms with van der Waals surface area (Å²) < 4.78 is 32.1. The summed E-state index contributed by atoms with van der Waals surface area (Å²) in [6, 6.07) is 6.44. The van der Waals surface area contributed by atoms with Crippen molar-refractivity contribution < 1.29 is 13.2 Å². The molecular formula is C18H29N3O3S. The highest BCUT2D eigenvalue weighted by atomic mass is 32.2. The molecule has 140 valence electrons. The number of para-hydroxylation sites is 1. The molecule has 2 heterocycles. The number of fused-ring (bicyclic) bond motifs is 1. The maximum Gasteiger partial charge on any atom is 0.218 e. The summed E-state index contributed by atoms with van der Waals surface area (Å²) in [6.45, 7) is 4.19. The molecule has 1 aromatic rings. The molecule has 0 aromatic heterocycles. The van der Waals surface area contributed by atoms with Gasteiger partial charge in [-0.3, -0.25) is 4.90 Å². The number of rotatable bonds is 7. The van der Waals surface area contributed by atoms with Crippen LogP contribution >= 0.6 is 0 Å². The Morgan fingerprint density at radius 1 is 1.40 bits per heavy atom. The van der Waals surface area contributed by atoms with E-state index in [2.05, 4.69) is 28.4 Å². The number of anilines is 1. The first-order valence-electron chi connectivity index (χ1n) is 9.03. The lowest BCUT2D eigenvalue weighted by molar-refractivity contribution is 0.182. The van der Waals surface area contributed by atoms with Gasteiger partial charge < -0.3 is 10.1 Å². The highest BCUT2D eigenvalue weighted by Crippen LogP contribution is 2.29. The van der Waals surface area contributed by atoms with Crippen molar-refractivity contribution in [3.05, 3.63) is 29.3 Å². The van der Waals surface area contributed by atoms with Crippen molar-refractivity contribution in [2.75, 3.05) is 52.3 Å². The maximum absolute atomic E-state index is 12.8. The quantitative estimate of drug-likeness (QED) is 0.792. The van der Waals surface area contributed by atoms with Crippen LogP contribution in [0, 0.1) is 0 Å². The fourth-order valence-corrected chi connectivity index (χ4v) is 5.49. The van der Waals surface area contributed by atoms with Crippen LogP contribution in [0.3, 0.4) is 0 Å². The largest absolute Gasteiger partial charge is 0.384 e. The molecule has 1 fully saturated rings. The number of hydrogen-bond acceptors (Lipinski definition) is 5. The molecule has 25 heavy (non-hydrogen) atoms. The van der Waals surface area contributed by atoms with E-state index in [0.717, 1.165) is 38.9 Å². The Labute approximate surface area is 151 Å². The first-order chi connectivity index (χ1) is 12.0. The van der Waals surface area contributed by atoms with E-state index in [1.165, 1.54) is 21.1 Å². The minimum absolute atomic E-state index is 0.326. The molecule has 0 saturated carbocycles. The minimum atomic E-state index is -3.27. The highest BCUT2D eigenvalue weighted by molar-refractivity contribution is 7.89. The number of hydrogen-bond donors (Lipinski definition) is 1. The lowest BCUT2D eigenvalue weighted by atomic mass is 10.1. The van der Waals surface area contributed by atoms with Gasteiger partial charge in [0.2, 0.25) is 10.0 Å². The van der Waals surface area contributed by atoms with Gasteiger partial charge in [0.25, 0.3) is 0 Å². The van der Waals surface area contributed by atoms with Gasteiger partial charge in [-0.1, -0.05) is 18.2 Å². The minimum Gasteiger partial charge on any atom is -0.384 e. The number of nitrogens with zero attached hydrogens (tertiary/aromatic N) is 2. The molecule has 3 rings (SSSR count). The number of ether oxygens (including phenoxy) is 1. The van der Waals surface area contributed by atoms with Crippen molar-refractivity contribution >= 4 is 15.7 Å². The normalized spacial score (nSPS) is 21.3. The van der Waals surface area contributed by atoms with E-state index in [-0.39, 0.29) is 5.25 Å². The zero-order valence-electron chi connectivity index (χ0n) is 15.2. The molecule has 6 nitrogen and oxygen atoms in total. The zero-order chi connectivity index (χ0) is 17.9. The van der Waals surface area contributed by atoms with E-state index in [1.807, 2.05) is 0 Å². The lowest BCUT2D eigenvalue weighted by Gasteiger charge is -2.34. The summed E-state index contributed by atoms with van der Waals surface area (Å²) in [5.74, 6) is 0. The molecule has 0 spiro atoms. The summed E-state index contributed by atoms with van der Waals surface area (Å²) >= 11 is 0. The molecule has 7 heteroatoms. The fraction of sp³-hybridized carbons (Fsp3) is 0.667. The second kappa shape index (κ2) is 8.03. The highest BCUT2D eigenvalue weighted by Gasteiger charge is 2.33. The van der Waals surface area contributed by atoms with Gasteiger partial charge in [-0.2, -0.15) is 0 Å². The third-order valence-corrected chi connectivity index (χ3v) is 7.53. The molecule has 1 atom stereocenters. The van der Waals surface area contributed by atoms with Crippen molar-refractivity contribution in [2.45, 2.75) is 31.1 Å². The average Bonchev–Trinajstić information content (AvgIpc) is 3.09. The topological polar surface area (TPSA) is 61.9 Å². The van der Waals surface area contributed by atoms with Crippen molar-refractivity contribution in [3.63, 3.8) is 0 Å². The molecule has 1 N–H and O–H groups in total. The molecule has 0 radical (unpaired) electrons. The zero-order valence-corrected chi connectivity index (χ0v) is 16.0. The van der Waals surface area contributed by atoms with Crippen LogP contribution in [0.25, 0.3) is 0 Å². The van der Waals surface area contributed by atoms with Crippen molar-refractivity contribution in [1.82, 2.24) is 9.21 Å². The van der Waals surface area contributed by atoms with E-state index < -0.39 is 10.0 Å². The fourth-order valence-electron chi connectivity index (χ4n) is 3.78. The average molecular weight is 368 g/mol. The van der Waals surface area contributed by atoms with Gasteiger partial charge in [0.1, 0.15) is 0 Å². The van der Waals surface area contributed by atoms with Crippen LogP contribution < -0.4 is 5.32 Å². The molecule has 0 bridgehead atoms. The first-order valence-corrected chi connectivity index (χ1v) is 10.5. The molecule has 1 unspecified atom stereocenters. The number of benzene rings is 1. The van der Waals surface area contributed by atoms with Gasteiger partial charge in [-0.05, 0) is 36.9 Å². The second-order valence-corrected chi connectivity index (χ2v) is 9.31. The Kier molecular flexibility index (Phi) is 5.99. The summed E-state index contributed by atoms with van der Waals surface area (Å²) in [5.41, 5.74) is 3.91. The third kappa shape index (κ3) is 4.16. The molecule has 1 saturated heterocycles. The number of likely N-dealkylation sites (tertiary alicyclic amines) is 1. The van der Waals surface area contributed by atoms with E-state index >= 15 is 0 Å². The Balaban J connectivity index is 1.66. The summed E-state index contributed by atoms with van der Waals surface area (Å²) in [4.78, 5) is 2.28. The monoisotopic (exact) mass is 367 g/mol. The predicted molar refractivity (Wildman–Crippen MR) is 100 cm³/mol.